The Morgan fingerprint density at radius 1 is 1.13 bits per heavy atom. The molecule has 0 saturated carbocycles. The lowest BCUT2D eigenvalue weighted by atomic mass is 9.88. The summed E-state index contributed by atoms with van der Waals surface area (Å²) in [5.41, 5.74) is 0. The highest BCUT2D eigenvalue weighted by atomic mass is 16.2. The van der Waals surface area contributed by atoms with Gasteiger partial charge in [0, 0.05) is 38.3 Å². The number of likely N-dealkylation sites (N-methyl/N-ethyl adjacent to an activating group) is 1. The molecule has 0 aromatic carbocycles. The first-order chi connectivity index (χ1) is 7.25. The molecule has 0 aromatic rings. The molecule has 15 heavy (non-hydrogen) atoms. The lowest BCUT2D eigenvalue weighted by Gasteiger charge is -2.56. The summed E-state index contributed by atoms with van der Waals surface area (Å²) in [4.78, 5) is 18.7. The van der Waals surface area contributed by atoms with E-state index < -0.39 is 0 Å². The zero-order valence-corrected chi connectivity index (χ0v) is 9.35. The normalized spacial score (nSPS) is 35.5. The summed E-state index contributed by atoms with van der Waals surface area (Å²) in [5.74, 6) is 0. The fourth-order valence-corrected chi connectivity index (χ4v) is 3.20. The molecule has 4 heteroatoms. The van der Waals surface area contributed by atoms with E-state index in [1.54, 1.807) is 0 Å². The van der Waals surface area contributed by atoms with Gasteiger partial charge < -0.3 is 14.7 Å². The highest BCUT2D eigenvalue weighted by molar-refractivity contribution is 5.76. The Kier molecular flexibility index (Phi) is 2.12. The molecule has 2 atom stereocenters. The number of urea groups is 1. The van der Waals surface area contributed by atoms with Gasteiger partial charge in [-0.1, -0.05) is 0 Å². The fraction of sp³-hybridized carbons (Fsp3) is 0.909. The largest absolute Gasteiger partial charge is 0.325 e. The lowest BCUT2D eigenvalue weighted by molar-refractivity contribution is -0.0356. The highest BCUT2D eigenvalue weighted by Gasteiger charge is 2.47. The number of likely N-dealkylation sites (tertiary alicyclic amines) is 1. The van der Waals surface area contributed by atoms with Crippen LogP contribution in [0.2, 0.25) is 0 Å². The molecule has 0 radical (unpaired) electrons. The molecule has 0 aliphatic carbocycles. The third-order valence-electron chi connectivity index (χ3n) is 3.97. The van der Waals surface area contributed by atoms with E-state index in [2.05, 4.69) is 16.8 Å². The average Bonchev–Trinajstić information content (AvgIpc) is 2.69. The van der Waals surface area contributed by atoms with Crippen LogP contribution in [0.1, 0.15) is 19.3 Å². The van der Waals surface area contributed by atoms with Crippen LogP contribution in [-0.2, 0) is 0 Å². The molecule has 2 unspecified atom stereocenters. The Balaban J connectivity index is 1.66. The minimum atomic E-state index is 0.307. The minimum absolute atomic E-state index is 0.307. The summed E-state index contributed by atoms with van der Waals surface area (Å²) in [6.45, 7) is 4.08. The molecule has 0 aromatic heterocycles. The van der Waals surface area contributed by atoms with E-state index in [-0.39, 0.29) is 0 Å². The first-order valence-corrected chi connectivity index (χ1v) is 6.01. The zero-order valence-electron chi connectivity index (χ0n) is 9.35. The molecular formula is C11H19N3O. The van der Waals surface area contributed by atoms with Gasteiger partial charge in [-0.25, -0.2) is 4.79 Å². The molecule has 4 aliphatic rings. The number of hydrogen-bond acceptors (Lipinski definition) is 2. The van der Waals surface area contributed by atoms with Crippen LogP contribution < -0.4 is 0 Å². The summed E-state index contributed by atoms with van der Waals surface area (Å²) in [7, 11) is 2.15. The first kappa shape index (κ1) is 9.46. The molecule has 4 nitrogen and oxygen atoms in total. The summed E-state index contributed by atoms with van der Waals surface area (Å²) in [5, 5.41) is 0. The summed E-state index contributed by atoms with van der Waals surface area (Å²) in [6.07, 6.45) is 3.60. The monoisotopic (exact) mass is 209 g/mol. The Morgan fingerprint density at radius 3 is 2.33 bits per heavy atom. The van der Waals surface area contributed by atoms with Crippen molar-refractivity contribution in [3.05, 3.63) is 0 Å². The van der Waals surface area contributed by atoms with Gasteiger partial charge in [-0.15, -0.1) is 0 Å². The van der Waals surface area contributed by atoms with Gasteiger partial charge in [0.05, 0.1) is 0 Å². The van der Waals surface area contributed by atoms with Crippen LogP contribution in [-0.4, -0.2) is 66.0 Å². The summed E-state index contributed by atoms with van der Waals surface area (Å²) in [6, 6.07) is 1.31. The molecule has 4 saturated heterocycles. The van der Waals surface area contributed by atoms with Crippen LogP contribution in [0, 0.1) is 0 Å². The maximum Gasteiger partial charge on any atom is 0.320 e. The van der Waals surface area contributed by atoms with Crippen molar-refractivity contribution in [1.82, 2.24) is 14.7 Å². The second kappa shape index (κ2) is 3.37. The molecule has 0 spiro atoms. The number of piperazine rings is 1. The van der Waals surface area contributed by atoms with Gasteiger partial charge in [-0.2, -0.15) is 0 Å². The number of carbonyl (C=O) groups excluding carboxylic acids is 1. The van der Waals surface area contributed by atoms with Crippen molar-refractivity contribution in [2.45, 2.75) is 31.3 Å². The second-order valence-electron chi connectivity index (χ2n) is 5.15. The number of fused-ring (bicyclic) bond motifs is 2. The Labute approximate surface area is 90.8 Å². The quantitative estimate of drug-likeness (QED) is 0.584. The maximum atomic E-state index is 12.2. The molecule has 0 N–H and O–H groups in total. The van der Waals surface area contributed by atoms with E-state index in [4.69, 9.17) is 0 Å². The van der Waals surface area contributed by atoms with Gasteiger partial charge in [0.15, 0.2) is 0 Å². The predicted octanol–water partition coefficient (Wildman–Crippen LogP) is 0.590. The van der Waals surface area contributed by atoms with Gasteiger partial charge in [0.1, 0.15) is 0 Å². The number of rotatable bonds is 0. The van der Waals surface area contributed by atoms with Gasteiger partial charge in [0.2, 0.25) is 0 Å². The maximum absolute atomic E-state index is 12.2. The zero-order chi connectivity index (χ0) is 10.4. The molecule has 2 bridgehead atoms. The Morgan fingerprint density at radius 2 is 1.73 bits per heavy atom. The fourth-order valence-electron chi connectivity index (χ4n) is 3.20. The van der Waals surface area contributed by atoms with Crippen LogP contribution >= 0.6 is 0 Å². The SMILES string of the molecule is CN1CC2CC(C1)N2C(=O)N1CCCC1. The lowest BCUT2D eigenvalue weighted by Crippen LogP contribution is -2.71. The third kappa shape index (κ3) is 1.42. The Bertz CT molecular complexity index is 263. The molecular weight excluding hydrogens is 190 g/mol. The molecule has 84 valence electrons. The van der Waals surface area contributed by atoms with E-state index in [9.17, 15) is 4.79 Å². The molecule has 4 rings (SSSR count). The van der Waals surface area contributed by atoms with E-state index in [0.29, 0.717) is 18.1 Å². The van der Waals surface area contributed by atoms with E-state index in [0.717, 1.165) is 26.2 Å². The summed E-state index contributed by atoms with van der Waals surface area (Å²) >= 11 is 0. The van der Waals surface area contributed by atoms with Crippen molar-refractivity contribution in [2.75, 3.05) is 33.2 Å². The number of nitrogens with zero attached hydrogens (tertiary/aromatic N) is 3. The average molecular weight is 209 g/mol. The third-order valence-corrected chi connectivity index (χ3v) is 3.97. The number of piperidine rings is 1. The molecule has 2 amide bonds. The van der Waals surface area contributed by atoms with Crippen molar-refractivity contribution in [3.8, 4) is 0 Å². The molecule has 4 heterocycles. The van der Waals surface area contributed by atoms with Crippen molar-refractivity contribution < 1.29 is 4.79 Å². The van der Waals surface area contributed by atoms with Gasteiger partial charge in [0.25, 0.3) is 0 Å². The number of hydrogen-bond donors (Lipinski definition) is 0. The van der Waals surface area contributed by atoms with Crippen molar-refractivity contribution in [2.24, 2.45) is 0 Å². The van der Waals surface area contributed by atoms with Crippen molar-refractivity contribution in [1.29, 1.82) is 0 Å². The van der Waals surface area contributed by atoms with Crippen LogP contribution in [0.25, 0.3) is 0 Å². The number of carbonyl (C=O) groups is 1. The second-order valence-corrected chi connectivity index (χ2v) is 5.15. The topological polar surface area (TPSA) is 26.8 Å². The summed E-state index contributed by atoms with van der Waals surface area (Å²) < 4.78 is 0. The van der Waals surface area contributed by atoms with Crippen LogP contribution in [0.4, 0.5) is 4.79 Å². The smallest absolute Gasteiger partial charge is 0.320 e. The van der Waals surface area contributed by atoms with Crippen molar-refractivity contribution >= 4 is 6.03 Å². The minimum Gasteiger partial charge on any atom is -0.325 e. The van der Waals surface area contributed by atoms with E-state index in [1.165, 1.54) is 19.3 Å². The van der Waals surface area contributed by atoms with Crippen LogP contribution in [0.3, 0.4) is 0 Å². The standard InChI is InChI=1S/C11H19N3O/c1-12-7-9-6-10(8-12)14(9)11(15)13-4-2-3-5-13/h9-10H,2-8H2,1H3. The van der Waals surface area contributed by atoms with Crippen molar-refractivity contribution in [3.63, 3.8) is 0 Å². The Hall–Kier alpha value is -0.770. The molecule has 4 fully saturated rings. The number of amides is 2. The van der Waals surface area contributed by atoms with E-state index >= 15 is 0 Å². The molecule has 4 aliphatic heterocycles. The van der Waals surface area contributed by atoms with Crippen LogP contribution in [0.15, 0.2) is 0 Å². The van der Waals surface area contributed by atoms with Gasteiger partial charge >= 0.3 is 6.03 Å². The highest BCUT2D eigenvalue weighted by Crippen LogP contribution is 2.33. The first-order valence-electron chi connectivity index (χ1n) is 6.01. The van der Waals surface area contributed by atoms with Gasteiger partial charge in [-0.3, -0.25) is 0 Å². The van der Waals surface area contributed by atoms with Gasteiger partial charge in [-0.05, 0) is 26.3 Å². The van der Waals surface area contributed by atoms with Crippen LogP contribution in [0.5, 0.6) is 0 Å². The van der Waals surface area contributed by atoms with E-state index in [1.807, 2.05) is 4.90 Å². The predicted molar refractivity (Wildman–Crippen MR) is 57.7 cm³/mol.